The zero-order valence-electron chi connectivity index (χ0n) is 17.6. The molecule has 1 aliphatic rings. The van der Waals surface area contributed by atoms with Gasteiger partial charge in [0, 0.05) is 12.8 Å². The first kappa shape index (κ1) is 22.5. The maximum Gasteiger partial charge on any atom is 0.324 e. The summed E-state index contributed by atoms with van der Waals surface area (Å²) in [6.45, 7) is 3.86. The molecule has 0 aliphatic heterocycles. The second-order valence-electron chi connectivity index (χ2n) is 7.90. The molecule has 0 unspecified atom stereocenters. The summed E-state index contributed by atoms with van der Waals surface area (Å²) < 4.78 is 11.3. The van der Waals surface area contributed by atoms with Crippen LogP contribution in [0.25, 0.3) is 0 Å². The van der Waals surface area contributed by atoms with Crippen LogP contribution in [0, 0.1) is 11.3 Å². The summed E-state index contributed by atoms with van der Waals surface area (Å²) in [4.78, 5) is 38.9. The quantitative estimate of drug-likeness (QED) is 0.314. The molecule has 2 aromatic rings. The minimum absolute atomic E-state index is 0.0553. The van der Waals surface area contributed by atoms with E-state index >= 15 is 0 Å². The van der Waals surface area contributed by atoms with Crippen LogP contribution in [-0.2, 0) is 37.1 Å². The lowest BCUT2D eigenvalue weighted by atomic mass is 9.71. The minimum atomic E-state index is -1.52. The molecule has 0 bridgehead atoms. The number of ketones is 1. The minimum Gasteiger partial charge on any atom is -0.460 e. The van der Waals surface area contributed by atoms with Crippen LogP contribution >= 0.6 is 0 Å². The summed E-state index contributed by atoms with van der Waals surface area (Å²) in [7, 11) is 0. The van der Waals surface area contributed by atoms with E-state index in [1.54, 1.807) is 6.08 Å². The van der Waals surface area contributed by atoms with E-state index in [2.05, 4.69) is 6.58 Å². The highest BCUT2D eigenvalue weighted by molar-refractivity contribution is 6.01. The SMILES string of the molecule is C=CCCC(C(=O)OCc1ccccc1)(C(=O)OCc1ccccc1)[C@H]1CCC(=O)C1. The number of carbonyl (C=O) groups is 3. The first-order valence-electron chi connectivity index (χ1n) is 10.6. The van der Waals surface area contributed by atoms with Crippen molar-refractivity contribution < 1.29 is 23.9 Å². The average Bonchev–Trinajstić information content (AvgIpc) is 3.24. The number of carbonyl (C=O) groups excluding carboxylic acids is 3. The Balaban J connectivity index is 1.85. The molecule has 5 nitrogen and oxygen atoms in total. The Labute approximate surface area is 183 Å². The fourth-order valence-corrected chi connectivity index (χ4v) is 4.09. The van der Waals surface area contributed by atoms with Gasteiger partial charge in [-0.3, -0.25) is 14.4 Å². The number of Topliss-reactive ketones (excluding diaryl/α,β-unsaturated/α-hetero) is 1. The second kappa shape index (κ2) is 10.7. The predicted molar refractivity (Wildman–Crippen MR) is 117 cm³/mol. The summed E-state index contributed by atoms with van der Waals surface area (Å²) in [5.74, 6) is -1.64. The van der Waals surface area contributed by atoms with Crippen LogP contribution in [0.4, 0.5) is 0 Å². The molecular weight excluding hydrogens is 392 g/mol. The van der Waals surface area contributed by atoms with Gasteiger partial charge < -0.3 is 9.47 Å². The molecule has 5 heteroatoms. The molecule has 0 radical (unpaired) electrons. The smallest absolute Gasteiger partial charge is 0.324 e. The van der Waals surface area contributed by atoms with Gasteiger partial charge >= 0.3 is 11.9 Å². The molecule has 2 aromatic carbocycles. The van der Waals surface area contributed by atoms with Gasteiger partial charge in [0.2, 0.25) is 0 Å². The molecule has 31 heavy (non-hydrogen) atoms. The summed E-state index contributed by atoms with van der Waals surface area (Å²) >= 11 is 0. The Kier molecular flexibility index (Phi) is 7.76. The van der Waals surface area contributed by atoms with Gasteiger partial charge in [0.05, 0.1) is 0 Å². The summed E-state index contributed by atoms with van der Waals surface area (Å²) in [5, 5.41) is 0. The van der Waals surface area contributed by atoms with Gasteiger partial charge in [-0.1, -0.05) is 66.7 Å². The number of rotatable bonds is 10. The zero-order chi connectivity index (χ0) is 22.1. The van der Waals surface area contributed by atoms with Crippen molar-refractivity contribution in [3.63, 3.8) is 0 Å². The van der Waals surface area contributed by atoms with Gasteiger partial charge in [-0.05, 0) is 36.3 Å². The molecule has 0 amide bonds. The zero-order valence-corrected chi connectivity index (χ0v) is 17.6. The number of ether oxygens (including phenoxy) is 2. The van der Waals surface area contributed by atoms with E-state index in [0.29, 0.717) is 19.3 Å². The molecule has 0 N–H and O–H groups in total. The highest BCUT2D eigenvalue weighted by Crippen LogP contribution is 2.44. The molecule has 1 fully saturated rings. The maximum absolute atomic E-state index is 13.4. The number of hydrogen-bond donors (Lipinski definition) is 0. The van der Waals surface area contributed by atoms with Crippen molar-refractivity contribution >= 4 is 17.7 Å². The van der Waals surface area contributed by atoms with Crippen LogP contribution in [-0.4, -0.2) is 17.7 Å². The third-order valence-electron chi connectivity index (χ3n) is 5.84. The lowest BCUT2D eigenvalue weighted by Crippen LogP contribution is -2.47. The topological polar surface area (TPSA) is 69.7 Å². The maximum atomic E-state index is 13.4. The molecule has 3 rings (SSSR count). The van der Waals surface area contributed by atoms with Crippen LogP contribution < -0.4 is 0 Å². The Bertz CT molecular complexity index is 848. The van der Waals surface area contributed by atoms with Crippen molar-refractivity contribution in [3.8, 4) is 0 Å². The third-order valence-corrected chi connectivity index (χ3v) is 5.84. The van der Waals surface area contributed by atoms with E-state index in [0.717, 1.165) is 11.1 Å². The van der Waals surface area contributed by atoms with Crippen LogP contribution in [0.1, 0.15) is 43.2 Å². The number of esters is 2. The molecule has 1 atom stereocenters. The van der Waals surface area contributed by atoms with Gasteiger partial charge in [-0.25, -0.2) is 0 Å². The Hall–Kier alpha value is -3.21. The normalized spacial score (nSPS) is 16.0. The fourth-order valence-electron chi connectivity index (χ4n) is 4.09. The Morgan fingerprint density at radius 3 is 1.87 bits per heavy atom. The highest BCUT2D eigenvalue weighted by Gasteiger charge is 2.56. The van der Waals surface area contributed by atoms with E-state index in [1.165, 1.54) is 0 Å². The van der Waals surface area contributed by atoms with Crippen molar-refractivity contribution in [3.05, 3.63) is 84.4 Å². The van der Waals surface area contributed by atoms with Crippen molar-refractivity contribution in [2.75, 3.05) is 0 Å². The largest absolute Gasteiger partial charge is 0.460 e. The van der Waals surface area contributed by atoms with E-state index in [-0.39, 0.29) is 31.8 Å². The summed E-state index contributed by atoms with van der Waals surface area (Å²) in [6, 6.07) is 18.6. The highest BCUT2D eigenvalue weighted by atomic mass is 16.6. The van der Waals surface area contributed by atoms with Crippen LogP contribution in [0.15, 0.2) is 73.3 Å². The summed E-state index contributed by atoms with van der Waals surface area (Å²) in [5.41, 5.74) is 0.131. The average molecular weight is 421 g/mol. The van der Waals surface area contributed by atoms with Crippen LogP contribution in [0.3, 0.4) is 0 Å². The number of allylic oxidation sites excluding steroid dienone is 1. The van der Waals surface area contributed by atoms with E-state index in [1.807, 2.05) is 60.7 Å². The van der Waals surface area contributed by atoms with Gasteiger partial charge in [0.15, 0.2) is 5.41 Å². The van der Waals surface area contributed by atoms with Gasteiger partial charge in [0.1, 0.15) is 19.0 Å². The number of benzene rings is 2. The van der Waals surface area contributed by atoms with Crippen molar-refractivity contribution in [2.24, 2.45) is 11.3 Å². The lowest BCUT2D eigenvalue weighted by molar-refractivity contribution is -0.179. The fraction of sp³-hybridized carbons (Fsp3) is 0.346. The van der Waals surface area contributed by atoms with Crippen LogP contribution in [0.2, 0.25) is 0 Å². The van der Waals surface area contributed by atoms with Gasteiger partial charge in [0.25, 0.3) is 0 Å². The van der Waals surface area contributed by atoms with Crippen LogP contribution in [0.5, 0.6) is 0 Å². The van der Waals surface area contributed by atoms with E-state index in [9.17, 15) is 14.4 Å². The lowest BCUT2D eigenvalue weighted by Gasteiger charge is -2.34. The van der Waals surface area contributed by atoms with Gasteiger partial charge in [-0.15, -0.1) is 6.58 Å². The third kappa shape index (κ3) is 5.48. The number of hydrogen-bond acceptors (Lipinski definition) is 5. The molecule has 0 spiro atoms. The Morgan fingerprint density at radius 2 is 1.45 bits per heavy atom. The molecular formula is C26H28O5. The van der Waals surface area contributed by atoms with E-state index in [4.69, 9.17) is 9.47 Å². The monoisotopic (exact) mass is 420 g/mol. The molecule has 1 aliphatic carbocycles. The molecule has 0 heterocycles. The molecule has 0 saturated heterocycles. The van der Waals surface area contributed by atoms with Crippen molar-refractivity contribution in [2.45, 2.75) is 45.3 Å². The molecule has 1 saturated carbocycles. The summed E-state index contributed by atoms with van der Waals surface area (Å²) in [6.07, 6.45) is 3.31. The first-order valence-corrected chi connectivity index (χ1v) is 10.6. The molecule has 162 valence electrons. The standard InChI is InChI=1S/C26H28O5/c1-2-3-16-26(22-14-15-23(27)17-22,24(28)30-18-20-10-6-4-7-11-20)25(29)31-19-21-12-8-5-9-13-21/h2,4-13,22H,1,3,14-19H2/t22-/m0/s1. The first-order chi connectivity index (χ1) is 15.1. The van der Waals surface area contributed by atoms with Crippen molar-refractivity contribution in [1.29, 1.82) is 0 Å². The van der Waals surface area contributed by atoms with Crippen molar-refractivity contribution in [1.82, 2.24) is 0 Å². The molecule has 0 aromatic heterocycles. The van der Waals surface area contributed by atoms with Gasteiger partial charge in [-0.2, -0.15) is 0 Å². The van der Waals surface area contributed by atoms with E-state index < -0.39 is 23.3 Å². The second-order valence-corrected chi connectivity index (χ2v) is 7.90. The predicted octanol–water partition coefficient (Wildman–Crippen LogP) is 4.80. The Morgan fingerprint density at radius 1 is 0.935 bits per heavy atom.